The first kappa shape index (κ1) is 16.8. The zero-order chi connectivity index (χ0) is 19.1. The van der Waals surface area contributed by atoms with Gasteiger partial charge >= 0.3 is 0 Å². The van der Waals surface area contributed by atoms with Crippen LogP contribution in [0.1, 0.15) is 16.2 Å². The van der Waals surface area contributed by atoms with E-state index in [0.29, 0.717) is 44.2 Å². The molecule has 3 heterocycles. The highest BCUT2D eigenvalue weighted by Gasteiger charge is 2.29. The molecule has 0 N–H and O–H groups in total. The molecule has 0 unspecified atom stereocenters. The van der Waals surface area contributed by atoms with Crippen molar-refractivity contribution in [1.29, 1.82) is 0 Å². The fraction of sp³-hybridized carbons (Fsp3) is 0.238. The van der Waals surface area contributed by atoms with Crippen LogP contribution in [0.3, 0.4) is 0 Å². The van der Waals surface area contributed by atoms with Crippen LogP contribution < -0.4 is 9.64 Å². The molecule has 0 radical (unpaired) electrons. The van der Waals surface area contributed by atoms with Crippen LogP contribution >= 0.6 is 0 Å². The Morgan fingerprint density at radius 1 is 0.964 bits per heavy atom. The Hall–Kier alpha value is -3.35. The average molecular weight is 378 g/mol. The van der Waals surface area contributed by atoms with E-state index in [2.05, 4.69) is 4.98 Å². The second kappa shape index (κ2) is 6.67. The molecule has 2 aliphatic heterocycles. The number of halogens is 1. The van der Waals surface area contributed by atoms with E-state index in [1.54, 1.807) is 23.4 Å². The van der Waals surface area contributed by atoms with Gasteiger partial charge in [-0.15, -0.1) is 0 Å². The molecule has 28 heavy (non-hydrogen) atoms. The van der Waals surface area contributed by atoms with Crippen LogP contribution in [0.25, 0.3) is 5.69 Å². The number of fused-ring (bicyclic) bond motifs is 3. The molecule has 1 saturated heterocycles. The first-order valence-electron chi connectivity index (χ1n) is 9.29. The van der Waals surface area contributed by atoms with E-state index in [-0.39, 0.29) is 11.7 Å². The van der Waals surface area contributed by atoms with Gasteiger partial charge in [-0.2, -0.15) is 0 Å². The van der Waals surface area contributed by atoms with Crippen molar-refractivity contribution in [2.75, 3.05) is 31.1 Å². The molecular formula is C21H19FN4O2. The highest BCUT2D eigenvalue weighted by Crippen LogP contribution is 2.31. The molecule has 1 fully saturated rings. The molecule has 1 aromatic heterocycles. The molecule has 3 aromatic rings. The minimum absolute atomic E-state index is 0.107. The van der Waals surface area contributed by atoms with Gasteiger partial charge in [-0.1, -0.05) is 24.3 Å². The maximum Gasteiger partial charge on any atom is 0.274 e. The molecule has 0 bridgehead atoms. The van der Waals surface area contributed by atoms with E-state index < -0.39 is 0 Å². The number of benzene rings is 2. The van der Waals surface area contributed by atoms with Crippen molar-refractivity contribution >= 4 is 11.6 Å². The second-order valence-corrected chi connectivity index (χ2v) is 6.90. The topological polar surface area (TPSA) is 50.6 Å². The number of aromatic nitrogens is 2. The summed E-state index contributed by atoms with van der Waals surface area (Å²) < 4.78 is 21.7. The number of anilines is 1. The van der Waals surface area contributed by atoms with Crippen LogP contribution in [0.5, 0.6) is 5.75 Å². The molecule has 0 atom stereocenters. The van der Waals surface area contributed by atoms with E-state index in [4.69, 9.17) is 4.74 Å². The number of para-hydroxylation sites is 3. The van der Waals surface area contributed by atoms with Crippen molar-refractivity contribution in [3.05, 3.63) is 72.1 Å². The van der Waals surface area contributed by atoms with Gasteiger partial charge < -0.3 is 14.5 Å². The summed E-state index contributed by atoms with van der Waals surface area (Å²) in [7, 11) is 0. The van der Waals surface area contributed by atoms with Crippen LogP contribution in [0.15, 0.2) is 54.9 Å². The van der Waals surface area contributed by atoms with E-state index in [9.17, 15) is 9.18 Å². The summed E-state index contributed by atoms with van der Waals surface area (Å²) in [6.45, 7) is 2.53. The van der Waals surface area contributed by atoms with Crippen molar-refractivity contribution in [2.45, 2.75) is 6.61 Å². The summed E-state index contributed by atoms with van der Waals surface area (Å²) in [4.78, 5) is 21.2. The number of imidazole rings is 1. The average Bonchev–Trinajstić information content (AvgIpc) is 3.18. The maximum absolute atomic E-state index is 14.0. The molecule has 7 heteroatoms. The number of hydrogen-bond donors (Lipinski definition) is 0. The number of hydrogen-bond acceptors (Lipinski definition) is 4. The molecule has 0 aliphatic carbocycles. The number of ether oxygens (including phenoxy) is 1. The third kappa shape index (κ3) is 2.70. The number of piperazine rings is 1. The lowest BCUT2D eigenvalue weighted by molar-refractivity contribution is 0.0738. The highest BCUT2D eigenvalue weighted by molar-refractivity contribution is 5.94. The Kier molecular flexibility index (Phi) is 4.00. The lowest BCUT2D eigenvalue weighted by atomic mass is 10.2. The van der Waals surface area contributed by atoms with Crippen LogP contribution in [-0.4, -0.2) is 46.5 Å². The molecular weight excluding hydrogens is 359 g/mol. The first-order chi connectivity index (χ1) is 13.7. The Morgan fingerprint density at radius 3 is 2.46 bits per heavy atom. The second-order valence-electron chi connectivity index (χ2n) is 6.90. The largest absolute Gasteiger partial charge is 0.485 e. The maximum atomic E-state index is 14.0. The third-order valence-corrected chi connectivity index (χ3v) is 5.32. The SMILES string of the molecule is O=C(c1ncn2c1COc1ccccc1-2)N1CCN(c2ccccc2F)CC1. The number of rotatable bonds is 2. The molecule has 2 aromatic carbocycles. The third-order valence-electron chi connectivity index (χ3n) is 5.32. The summed E-state index contributed by atoms with van der Waals surface area (Å²) in [6.07, 6.45) is 1.68. The zero-order valence-electron chi connectivity index (χ0n) is 15.2. The summed E-state index contributed by atoms with van der Waals surface area (Å²) in [5, 5.41) is 0. The number of amides is 1. The van der Waals surface area contributed by atoms with Gasteiger partial charge in [-0.05, 0) is 24.3 Å². The van der Waals surface area contributed by atoms with Crippen LogP contribution in [-0.2, 0) is 6.61 Å². The lowest BCUT2D eigenvalue weighted by Crippen LogP contribution is -2.49. The fourth-order valence-electron chi connectivity index (χ4n) is 3.83. The van der Waals surface area contributed by atoms with E-state index in [1.165, 1.54) is 6.07 Å². The van der Waals surface area contributed by atoms with Crippen molar-refractivity contribution in [3.63, 3.8) is 0 Å². The van der Waals surface area contributed by atoms with Crippen molar-refractivity contribution in [3.8, 4) is 11.4 Å². The molecule has 0 saturated carbocycles. The van der Waals surface area contributed by atoms with Gasteiger partial charge in [-0.3, -0.25) is 9.36 Å². The van der Waals surface area contributed by atoms with E-state index in [1.807, 2.05) is 39.8 Å². The molecule has 142 valence electrons. The zero-order valence-corrected chi connectivity index (χ0v) is 15.2. The predicted octanol–water partition coefficient (Wildman–Crippen LogP) is 2.87. The quantitative estimate of drug-likeness (QED) is 0.688. The minimum atomic E-state index is -0.235. The van der Waals surface area contributed by atoms with Gasteiger partial charge in [0.2, 0.25) is 0 Å². The first-order valence-corrected chi connectivity index (χ1v) is 9.29. The highest BCUT2D eigenvalue weighted by atomic mass is 19.1. The number of carbonyl (C=O) groups excluding carboxylic acids is 1. The predicted molar refractivity (Wildman–Crippen MR) is 102 cm³/mol. The molecule has 0 spiro atoms. The lowest BCUT2D eigenvalue weighted by Gasteiger charge is -2.36. The molecule has 5 rings (SSSR count). The van der Waals surface area contributed by atoms with Crippen molar-refractivity contribution in [2.24, 2.45) is 0 Å². The normalized spacial score (nSPS) is 15.6. The molecule has 6 nitrogen and oxygen atoms in total. The van der Waals surface area contributed by atoms with Gasteiger partial charge in [0.15, 0.2) is 5.69 Å². The summed E-state index contributed by atoms with van der Waals surface area (Å²) in [6, 6.07) is 14.4. The molecule has 2 aliphatic rings. The van der Waals surface area contributed by atoms with Gasteiger partial charge in [0.1, 0.15) is 24.5 Å². The summed E-state index contributed by atoms with van der Waals surface area (Å²) in [5.41, 5.74) is 2.66. The standard InChI is InChI=1S/C21H19FN4O2/c22-15-5-1-2-6-16(15)24-9-11-25(12-10-24)21(27)20-18-13-28-19-8-4-3-7-17(19)26(18)14-23-20/h1-8,14H,9-13H2. The van der Waals surface area contributed by atoms with Crippen LogP contribution in [0.4, 0.5) is 10.1 Å². The Morgan fingerprint density at radius 2 is 1.68 bits per heavy atom. The van der Waals surface area contributed by atoms with Gasteiger partial charge in [0.05, 0.1) is 17.1 Å². The van der Waals surface area contributed by atoms with Gasteiger partial charge in [0.25, 0.3) is 5.91 Å². The van der Waals surface area contributed by atoms with Gasteiger partial charge in [-0.25, -0.2) is 9.37 Å². The number of carbonyl (C=O) groups is 1. The van der Waals surface area contributed by atoms with E-state index in [0.717, 1.165) is 17.1 Å². The van der Waals surface area contributed by atoms with Gasteiger partial charge in [0, 0.05) is 26.2 Å². The summed E-state index contributed by atoms with van der Waals surface area (Å²) >= 11 is 0. The summed E-state index contributed by atoms with van der Waals surface area (Å²) in [5.74, 6) is 0.441. The van der Waals surface area contributed by atoms with Crippen LogP contribution in [0, 0.1) is 5.82 Å². The minimum Gasteiger partial charge on any atom is -0.485 e. The monoisotopic (exact) mass is 378 g/mol. The number of nitrogens with zero attached hydrogens (tertiary/aromatic N) is 4. The fourth-order valence-corrected chi connectivity index (χ4v) is 3.83. The molecule has 1 amide bonds. The Labute approximate surface area is 161 Å². The Bertz CT molecular complexity index is 1040. The van der Waals surface area contributed by atoms with Crippen molar-refractivity contribution < 1.29 is 13.9 Å². The van der Waals surface area contributed by atoms with Crippen molar-refractivity contribution in [1.82, 2.24) is 14.5 Å². The van der Waals surface area contributed by atoms with Crippen LogP contribution in [0.2, 0.25) is 0 Å². The van der Waals surface area contributed by atoms with E-state index >= 15 is 0 Å². The Balaban J connectivity index is 1.34. The smallest absolute Gasteiger partial charge is 0.274 e.